The van der Waals surface area contributed by atoms with Crippen molar-refractivity contribution in [3.63, 3.8) is 0 Å². The third-order valence-corrected chi connectivity index (χ3v) is 5.07. The van der Waals surface area contributed by atoms with Crippen molar-refractivity contribution in [2.45, 2.75) is 38.4 Å². The van der Waals surface area contributed by atoms with Crippen LogP contribution in [-0.2, 0) is 4.79 Å². The van der Waals surface area contributed by atoms with Gasteiger partial charge in [0, 0.05) is 18.8 Å². The van der Waals surface area contributed by atoms with Crippen molar-refractivity contribution in [3.8, 4) is 0 Å². The number of benzene rings is 1. The lowest BCUT2D eigenvalue weighted by atomic mass is 10.0. The van der Waals surface area contributed by atoms with E-state index < -0.39 is 24.0 Å². The Balaban J connectivity index is 1.84. The van der Waals surface area contributed by atoms with Crippen LogP contribution in [0.3, 0.4) is 0 Å². The fourth-order valence-corrected chi connectivity index (χ4v) is 3.28. The Morgan fingerprint density at radius 1 is 1.29 bits per heavy atom. The van der Waals surface area contributed by atoms with Gasteiger partial charge >= 0.3 is 0 Å². The minimum Gasteiger partial charge on any atom is -0.364 e. The summed E-state index contributed by atoms with van der Waals surface area (Å²) in [6.07, 6.45) is 0.0792. The van der Waals surface area contributed by atoms with E-state index in [4.69, 9.17) is 5.73 Å². The van der Waals surface area contributed by atoms with Crippen molar-refractivity contribution in [2.24, 2.45) is 5.73 Å². The normalized spacial score (nSPS) is 18.5. The quantitative estimate of drug-likeness (QED) is 0.577. The maximum atomic E-state index is 14.3. The number of amides is 2. The molecular formula is C21H26FN7O2. The molecule has 164 valence electrons. The lowest BCUT2D eigenvalue weighted by Gasteiger charge is -2.35. The van der Waals surface area contributed by atoms with Crippen LogP contribution in [0.15, 0.2) is 36.9 Å². The monoisotopic (exact) mass is 427 g/mol. The molecule has 1 aliphatic heterocycles. The summed E-state index contributed by atoms with van der Waals surface area (Å²) < 4.78 is 14.3. The zero-order chi connectivity index (χ0) is 22.5. The second kappa shape index (κ2) is 9.50. The maximum Gasteiger partial charge on any atom is 0.273 e. The number of carbonyl (C=O) groups excluding carboxylic acids is 2. The fourth-order valence-electron chi connectivity index (χ4n) is 3.28. The highest BCUT2D eigenvalue weighted by Gasteiger charge is 2.32. The van der Waals surface area contributed by atoms with Gasteiger partial charge in [0.1, 0.15) is 6.17 Å². The molecule has 2 aromatic rings. The highest BCUT2D eigenvalue weighted by molar-refractivity contribution is 5.96. The predicted molar refractivity (Wildman–Crippen MR) is 116 cm³/mol. The van der Waals surface area contributed by atoms with Crippen LogP contribution < -0.4 is 21.3 Å². The van der Waals surface area contributed by atoms with Crippen LogP contribution in [0.1, 0.15) is 42.2 Å². The molecule has 2 atom stereocenters. The number of alkyl halides is 1. The van der Waals surface area contributed by atoms with Crippen LogP contribution in [0.2, 0.25) is 0 Å². The van der Waals surface area contributed by atoms with Crippen LogP contribution in [-0.4, -0.2) is 52.3 Å². The minimum atomic E-state index is -1.20. The molecule has 0 aliphatic carbocycles. The SMILES string of the molecule is C=CC(=O)N[C@@H]1CN(c2nnc(C(N)=O)c(Nc3ccc(C(C)C)cc3)n2)CC[C@@H]1F. The molecule has 9 nitrogen and oxygen atoms in total. The molecule has 1 aliphatic rings. The molecular weight excluding hydrogens is 401 g/mol. The van der Waals surface area contributed by atoms with Gasteiger partial charge in [0.2, 0.25) is 11.9 Å². The average molecular weight is 427 g/mol. The molecule has 2 heterocycles. The van der Waals surface area contributed by atoms with Gasteiger partial charge in [-0.3, -0.25) is 9.59 Å². The lowest BCUT2D eigenvalue weighted by Crippen LogP contribution is -2.54. The van der Waals surface area contributed by atoms with Crippen LogP contribution in [0.4, 0.5) is 21.8 Å². The molecule has 1 aromatic carbocycles. The van der Waals surface area contributed by atoms with Crippen LogP contribution >= 0.6 is 0 Å². The number of anilines is 3. The van der Waals surface area contributed by atoms with Crippen LogP contribution in [0, 0.1) is 0 Å². The first-order valence-corrected chi connectivity index (χ1v) is 10.0. The van der Waals surface area contributed by atoms with Crippen molar-refractivity contribution >= 4 is 29.3 Å². The molecule has 0 bridgehead atoms. The van der Waals surface area contributed by atoms with Gasteiger partial charge < -0.3 is 21.3 Å². The highest BCUT2D eigenvalue weighted by Crippen LogP contribution is 2.24. The van der Waals surface area contributed by atoms with Crippen molar-refractivity contribution in [1.82, 2.24) is 20.5 Å². The number of carbonyl (C=O) groups is 2. The number of nitrogens with one attached hydrogen (secondary N) is 2. The van der Waals surface area contributed by atoms with Gasteiger partial charge in [0.25, 0.3) is 5.91 Å². The third-order valence-electron chi connectivity index (χ3n) is 5.07. The molecule has 0 radical (unpaired) electrons. The number of hydrogen-bond acceptors (Lipinski definition) is 7. The number of piperidine rings is 1. The minimum absolute atomic E-state index is 0.103. The zero-order valence-corrected chi connectivity index (χ0v) is 17.5. The van der Waals surface area contributed by atoms with Gasteiger partial charge in [-0.1, -0.05) is 32.6 Å². The van der Waals surface area contributed by atoms with Crippen LogP contribution in [0.25, 0.3) is 0 Å². The topological polar surface area (TPSA) is 126 Å². The summed E-state index contributed by atoms with van der Waals surface area (Å²) in [5.74, 6) is -0.480. The van der Waals surface area contributed by atoms with Crippen molar-refractivity contribution in [3.05, 3.63) is 48.2 Å². The first-order chi connectivity index (χ1) is 14.8. The van der Waals surface area contributed by atoms with Crippen LogP contribution in [0.5, 0.6) is 0 Å². The number of aromatic nitrogens is 3. The smallest absolute Gasteiger partial charge is 0.273 e. The van der Waals surface area contributed by atoms with E-state index in [1.807, 2.05) is 24.3 Å². The second-order valence-corrected chi connectivity index (χ2v) is 7.64. The standard InChI is InChI=1S/C21H26FN7O2/c1-4-17(30)25-16-11-29(10-9-15(16)22)21-26-20(18(19(23)31)27-28-21)24-14-7-5-13(6-8-14)12(2)3/h4-8,12,15-16H,1,9-11H2,2-3H3,(H2,23,31)(H,25,30)(H,24,26,28)/t15-,16+/m0/s1. The largest absolute Gasteiger partial charge is 0.364 e. The Morgan fingerprint density at radius 2 is 2.00 bits per heavy atom. The molecule has 0 spiro atoms. The summed E-state index contributed by atoms with van der Waals surface area (Å²) in [5, 5.41) is 13.6. The van der Waals surface area contributed by atoms with Crippen molar-refractivity contribution in [2.75, 3.05) is 23.3 Å². The number of hydrogen-bond donors (Lipinski definition) is 3. The number of primary amides is 1. The molecule has 4 N–H and O–H groups in total. The molecule has 2 amide bonds. The van der Waals surface area contributed by atoms with Crippen molar-refractivity contribution < 1.29 is 14.0 Å². The predicted octanol–water partition coefficient (Wildman–Crippen LogP) is 2.06. The van der Waals surface area contributed by atoms with E-state index in [1.54, 1.807) is 4.90 Å². The fraction of sp³-hybridized carbons (Fsp3) is 0.381. The first kappa shape index (κ1) is 22.1. The number of nitrogens with two attached hydrogens (primary N) is 1. The molecule has 1 aromatic heterocycles. The summed E-state index contributed by atoms with van der Waals surface area (Å²) in [6.45, 7) is 8.07. The van der Waals surface area contributed by atoms with Gasteiger partial charge in [-0.15, -0.1) is 10.2 Å². The molecule has 31 heavy (non-hydrogen) atoms. The number of halogens is 1. The van der Waals surface area contributed by atoms with E-state index in [-0.39, 0.29) is 30.4 Å². The zero-order valence-electron chi connectivity index (χ0n) is 17.5. The Bertz CT molecular complexity index is 965. The van der Waals surface area contributed by atoms with Gasteiger partial charge in [-0.05, 0) is 36.1 Å². The van der Waals surface area contributed by atoms with E-state index in [9.17, 15) is 14.0 Å². The van der Waals surface area contributed by atoms with Crippen molar-refractivity contribution in [1.29, 1.82) is 0 Å². The molecule has 0 unspecified atom stereocenters. The van der Waals surface area contributed by atoms with E-state index in [2.05, 4.69) is 46.2 Å². The summed E-state index contributed by atoms with van der Waals surface area (Å²) >= 11 is 0. The third kappa shape index (κ3) is 5.33. The second-order valence-electron chi connectivity index (χ2n) is 7.64. The van der Waals surface area contributed by atoms with E-state index in [1.165, 1.54) is 5.56 Å². The molecule has 0 saturated carbocycles. The first-order valence-electron chi connectivity index (χ1n) is 10.0. The Labute approximate surface area is 179 Å². The Kier molecular flexibility index (Phi) is 6.78. The molecule has 3 rings (SSSR count). The average Bonchev–Trinajstić information content (AvgIpc) is 2.75. The molecule has 1 saturated heterocycles. The Hall–Kier alpha value is -3.56. The Morgan fingerprint density at radius 3 is 2.61 bits per heavy atom. The van der Waals surface area contributed by atoms with Gasteiger partial charge in [-0.2, -0.15) is 4.98 Å². The van der Waals surface area contributed by atoms with E-state index in [0.29, 0.717) is 18.2 Å². The molecule has 1 fully saturated rings. The molecule has 10 heteroatoms. The van der Waals surface area contributed by atoms with Gasteiger partial charge in [0.05, 0.1) is 6.04 Å². The summed E-state index contributed by atoms with van der Waals surface area (Å²) in [7, 11) is 0. The maximum absolute atomic E-state index is 14.3. The van der Waals surface area contributed by atoms with E-state index >= 15 is 0 Å². The lowest BCUT2D eigenvalue weighted by molar-refractivity contribution is -0.117. The number of rotatable bonds is 7. The van der Waals surface area contributed by atoms with E-state index in [0.717, 1.165) is 6.08 Å². The van der Waals surface area contributed by atoms with Gasteiger partial charge in [-0.25, -0.2) is 4.39 Å². The highest BCUT2D eigenvalue weighted by atomic mass is 19.1. The van der Waals surface area contributed by atoms with Gasteiger partial charge in [0.15, 0.2) is 11.5 Å². The summed E-state index contributed by atoms with van der Waals surface area (Å²) in [4.78, 5) is 29.5. The summed E-state index contributed by atoms with van der Waals surface area (Å²) in [6, 6.07) is 6.96. The summed E-state index contributed by atoms with van der Waals surface area (Å²) in [5.41, 5.74) is 7.20. The number of nitrogens with zero attached hydrogens (tertiary/aromatic N) is 4.